The lowest BCUT2D eigenvalue weighted by Gasteiger charge is -2.27. The van der Waals surface area contributed by atoms with E-state index >= 15 is 0 Å². The number of benzene rings is 1. The minimum absolute atomic E-state index is 0.0531. The number of hydrogen-bond acceptors (Lipinski definition) is 3. The van der Waals surface area contributed by atoms with E-state index in [1.807, 2.05) is 23.1 Å². The second-order valence-electron chi connectivity index (χ2n) is 5.26. The highest BCUT2D eigenvalue weighted by atomic mass is 16.5. The van der Waals surface area contributed by atoms with E-state index in [1.54, 1.807) is 11.8 Å². The molecular formula is C15H18N2O3. The number of hydrogen-bond donors (Lipinski definition) is 0. The molecule has 0 atom stereocenters. The van der Waals surface area contributed by atoms with Crippen LogP contribution in [0, 0.1) is 0 Å². The molecule has 0 spiro atoms. The molecule has 2 aliphatic heterocycles. The third kappa shape index (κ3) is 2.41. The van der Waals surface area contributed by atoms with Crippen LogP contribution in [-0.2, 0) is 22.6 Å². The van der Waals surface area contributed by atoms with E-state index in [0.29, 0.717) is 45.0 Å². The second kappa shape index (κ2) is 5.25. The zero-order valence-corrected chi connectivity index (χ0v) is 11.6. The number of morpholine rings is 1. The topological polar surface area (TPSA) is 49.9 Å². The molecule has 0 aliphatic carbocycles. The molecule has 0 unspecified atom stereocenters. The van der Waals surface area contributed by atoms with Crippen molar-refractivity contribution in [3.8, 4) is 0 Å². The summed E-state index contributed by atoms with van der Waals surface area (Å²) >= 11 is 0. The fraction of sp³-hybridized carbons (Fsp3) is 0.467. The van der Waals surface area contributed by atoms with Crippen LogP contribution in [-0.4, -0.2) is 47.9 Å². The van der Waals surface area contributed by atoms with Gasteiger partial charge in [0.25, 0.3) is 5.91 Å². The number of fused-ring (bicyclic) bond motifs is 1. The van der Waals surface area contributed by atoms with Gasteiger partial charge in [-0.3, -0.25) is 9.59 Å². The standard InChI is InChI=1S/C15H18N2O3/c1-11(18)17-9-13-3-2-12(8-14(13)10-17)15(19)16-4-6-20-7-5-16/h2-3,8H,4-7,9-10H2,1H3. The van der Waals surface area contributed by atoms with Gasteiger partial charge in [0.1, 0.15) is 0 Å². The first kappa shape index (κ1) is 13.1. The van der Waals surface area contributed by atoms with Crippen molar-refractivity contribution in [1.29, 1.82) is 0 Å². The summed E-state index contributed by atoms with van der Waals surface area (Å²) in [5.41, 5.74) is 2.93. The van der Waals surface area contributed by atoms with Gasteiger partial charge in [-0.2, -0.15) is 0 Å². The molecule has 0 bridgehead atoms. The van der Waals surface area contributed by atoms with Crippen LogP contribution in [0.5, 0.6) is 0 Å². The van der Waals surface area contributed by atoms with Gasteiger partial charge in [-0.05, 0) is 23.3 Å². The predicted octanol–water partition coefficient (Wildman–Crippen LogP) is 1.02. The summed E-state index contributed by atoms with van der Waals surface area (Å²) in [7, 11) is 0. The summed E-state index contributed by atoms with van der Waals surface area (Å²) in [5, 5.41) is 0. The van der Waals surface area contributed by atoms with Gasteiger partial charge < -0.3 is 14.5 Å². The van der Waals surface area contributed by atoms with Gasteiger partial charge in [0.15, 0.2) is 0 Å². The summed E-state index contributed by atoms with van der Waals surface area (Å²) in [6.45, 7) is 5.34. The Kier molecular flexibility index (Phi) is 3.44. The maximum atomic E-state index is 12.4. The van der Waals surface area contributed by atoms with Crippen molar-refractivity contribution in [3.05, 3.63) is 34.9 Å². The Morgan fingerprint density at radius 3 is 2.45 bits per heavy atom. The van der Waals surface area contributed by atoms with Crippen LogP contribution in [0.15, 0.2) is 18.2 Å². The quantitative estimate of drug-likeness (QED) is 0.768. The summed E-state index contributed by atoms with van der Waals surface area (Å²) in [6, 6.07) is 5.75. The van der Waals surface area contributed by atoms with Crippen molar-refractivity contribution in [2.75, 3.05) is 26.3 Å². The average molecular weight is 274 g/mol. The van der Waals surface area contributed by atoms with Crippen LogP contribution in [0.1, 0.15) is 28.4 Å². The number of carbonyl (C=O) groups excluding carboxylic acids is 2. The summed E-state index contributed by atoms with van der Waals surface area (Å²) in [5.74, 6) is 0.125. The first-order valence-corrected chi connectivity index (χ1v) is 6.89. The van der Waals surface area contributed by atoms with E-state index in [-0.39, 0.29) is 11.8 Å². The maximum absolute atomic E-state index is 12.4. The zero-order valence-electron chi connectivity index (χ0n) is 11.6. The van der Waals surface area contributed by atoms with Crippen LogP contribution in [0.3, 0.4) is 0 Å². The van der Waals surface area contributed by atoms with Crippen LogP contribution in [0.2, 0.25) is 0 Å². The highest BCUT2D eigenvalue weighted by Crippen LogP contribution is 2.24. The third-order valence-corrected chi connectivity index (χ3v) is 3.92. The molecule has 2 heterocycles. The van der Waals surface area contributed by atoms with E-state index in [2.05, 4.69) is 0 Å². The highest BCUT2D eigenvalue weighted by molar-refractivity contribution is 5.94. The summed E-state index contributed by atoms with van der Waals surface area (Å²) in [4.78, 5) is 27.4. The SMILES string of the molecule is CC(=O)N1Cc2ccc(C(=O)N3CCOCC3)cc2C1. The fourth-order valence-corrected chi connectivity index (χ4v) is 2.70. The zero-order chi connectivity index (χ0) is 14.1. The van der Waals surface area contributed by atoms with Gasteiger partial charge in [0, 0.05) is 38.7 Å². The number of carbonyl (C=O) groups is 2. The largest absolute Gasteiger partial charge is 0.378 e. The Labute approximate surface area is 118 Å². The van der Waals surface area contributed by atoms with Crippen LogP contribution < -0.4 is 0 Å². The Bertz CT molecular complexity index is 550. The molecule has 5 heteroatoms. The first-order valence-electron chi connectivity index (χ1n) is 6.89. The molecule has 1 fully saturated rings. The first-order chi connectivity index (χ1) is 9.65. The minimum atomic E-state index is 0.0531. The molecular weight excluding hydrogens is 256 g/mol. The molecule has 0 N–H and O–H groups in total. The van der Waals surface area contributed by atoms with E-state index in [1.165, 1.54) is 0 Å². The second-order valence-corrected chi connectivity index (χ2v) is 5.26. The molecule has 0 saturated carbocycles. The monoisotopic (exact) mass is 274 g/mol. The van der Waals surface area contributed by atoms with Crippen molar-refractivity contribution in [2.45, 2.75) is 20.0 Å². The van der Waals surface area contributed by atoms with Gasteiger partial charge in [-0.15, -0.1) is 0 Å². The number of ether oxygens (including phenoxy) is 1. The minimum Gasteiger partial charge on any atom is -0.378 e. The lowest BCUT2D eigenvalue weighted by Crippen LogP contribution is -2.40. The Morgan fingerprint density at radius 1 is 1.05 bits per heavy atom. The van der Waals surface area contributed by atoms with Gasteiger partial charge in [-0.1, -0.05) is 6.07 Å². The van der Waals surface area contributed by atoms with E-state index in [9.17, 15) is 9.59 Å². The lowest BCUT2D eigenvalue weighted by atomic mass is 10.1. The van der Waals surface area contributed by atoms with E-state index in [0.717, 1.165) is 11.1 Å². The van der Waals surface area contributed by atoms with Crippen molar-refractivity contribution in [3.63, 3.8) is 0 Å². The maximum Gasteiger partial charge on any atom is 0.254 e. The predicted molar refractivity (Wildman–Crippen MR) is 73.1 cm³/mol. The molecule has 1 aromatic rings. The average Bonchev–Trinajstić information content (AvgIpc) is 2.90. The normalized spacial score (nSPS) is 18.1. The molecule has 106 valence electrons. The van der Waals surface area contributed by atoms with Gasteiger partial charge in [-0.25, -0.2) is 0 Å². The van der Waals surface area contributed by atoms with Crippen molar-refractivity contribution < 1.29 is 14.3 Å². The smallest absolute Gasteiger partial charge is 0.254 e. The number of rotatable bonds is 1. The Balaban J connectivity index is 1.78. The molecule has 1 aromatic carbocycles. The molecule has 2 amide bonds. The molecule has 3 rings (SSSR count). The highest BCUT2D eigenvalue weighted by Gasteiger charge is 2.24. The van der Waals surface area contributed by atoms with Crippen LogP contribution >= 0.6 is 0 Å². The van der Waals surface area contributed by atoms with Gasteiger partial charge >= 0.3 is 0 Å². The molecule has 5 nitrogen and oxygen atoms in total. The summed E-state index contributed by atoms with van der Waals surface area (Å²) in [6.07, 6.45) is 0. The van der Waals surface area contributed by atoms with Crippen LogP contribution in [0.4, 0.5) is 0 Å². The molecule has 20 heavy (non-hydrogen) atoms. The number of nitrogens with zero attached hydrogens (tertiary/aromatic N) is 2. The van der Waals surface area contributed by atoms with E-state index < -0.39 is 0 Å². The van der Waals surface area contributed by atoms with Crippen molar-refractivity contribution in [1.82, 2.24) is 9.80 Å². The van der Waals surface area contributed by atoms with Gasteiger partial charge in [0.05, 0.1) is 13.2 Å². The molecule has 2 aliphatic rings. The Hall–Kier alpha value is -1.88. The number of amides is 2. The van der Waals surface area contributed by atoms with Crippen molar-refractivity contribution >= 4 is 11.8 Å². The molecule has 0 aromatic heterocycles. The van der Waals surface area contributed by atoms with E-state index in [4.69, 9.17) is 4.74 Å². The Morgan fingerprint density at radius 2 is 1.75 bits per heavy atom. The van der Waals surface area contributed by atoms with Crippen molar-refractivity contribution in [2.24, 2.45) is 0 Å². The lowest BCUT2D eigenvalue weighted by molar-refractivity contribution is -0.129. The van der Waals surface area contributed by atoms with Gasteiger partial charge in [0.2, 0.25) is 5.91 Å². The molecule has 0 radical (unpaired) electrons. The fourth-order valence-electron chi connectivity index (χ4n) is 2.70. The summed E-state index contributed by atoms with van der Waals surface area (Å²) < 4.78 is 5.26. The third-order valence-electron chi connectivity index (χ3n) is 3.92. The van der Waals surface area contributed by atoms with Crippen LogP contribution in [0.25, 0.3) is 0 Å². The molecule has 1 saturated heterocycles.